The van der Waals surface area contributed by atoms with Gasteiger partial charge in [0.2, 0.25) is 0 Å². The van der Waals surface area contributed by atoms with Gasteiger partial charge in [-0.15, -0.1) is 0 Å². The highest BCUT2D eigenvalue weighted by molar-refractivity contribution is 7.73. The third kappa shape index (κ3) is 3.01. The molecule has 0 amide bonds. The molecule has 0 aliphatic rings. The first-order valence-corrected chi connectivity index (χ1v) is 10.5. The van der Waals surface area contributed by atoms with Gasteiger partial charge < -0.3 is 4.42 Å². The summed E-state index contributed by atoms with van der Waals surface area (Å²) in [5.74, 6) is 1.08. The predicted octanol–water partition coefficient (Wildman–Crippen LogP) is 5.31. The van der Waals surface area contributed by atoms with E-state index in [2.05, 4.69) is 10.1 Å². The molecule has 0 aliphatic carbocycles. The van der Waals surface area contributed by atoms with Gasteiger partial charge in [0.15, 0.2) is 15.4 Å². The number of fused-ring (bicyclic) bond motifs is 2. The Balaban J connectivity index is 1.68. The molecule has 0 aliphatic heterocycles. The van der Waals surface area contributed by atoms with Gasteiger partial charge in [0.25, 0.3) is 5.56 Å². The Bertz CT molecular complexity index is 1520. The van der Waals surface area contributed by atoms with Gasteiger partial charge >= 0.3 is 0 Å². The minimum absolute atomic E-state index is 0.251. The number of hydrogen-bond donors (Lipinski definition) is 0. The summed E-state index contributed by atoms with van der Waals surface area (Å²) in [5, 5.41) is 5.50. The van der Waals surface area contributed by atoms with Crippen molar-refractivity contribution >= 4 is 50.6 Å². The largest absolute Gasteiger partial charge is 0.455 e. The van der Waals surface area contributed by atoms with E-state index in [0.29, 0.717) is 31.6 Å². The van der Waals surface area contributed by atoms with Crippen LogP contribution in [0.3, 0.4) is 0 Å². The van der Waals surface area contributed by atoms with Gasteiger partial charge in [0.05, 0.1) is 0 Å². The first-order chi connectivity index (χ1) is 14.5. The summed E-state index contributed by atoms with van der Waals surface area (Å²) in [6.07, 6.45) is 0. The third-order valence-electron chi connectivity index (χ3n) is 4.79. The van der Waals surface area contributed by atoms with Crippen LogP contribution in [0.1, 0.15) is 18.5 Å². The van der Waals surface area contributed by atoms with Crippen LogP contribution in [0.25, 0.3) is 27.0 Å². The molecule has 30 heavy (non-hydrogen) atoms. The van der Waals surface area contributed by atoms with E-state index in [-0.39, 0.29) is 5.56 Å². The number of benzene rings is 2. The van der Waals surface area contributed by atoms with Crippen LogP contribution in [0, 0.1) is 10.9 Å². The van der Waals surface area contributed by atoms with Crippen LogP contribution in [-0.4, -0.2) is 19.9 Å². The topological polar surface area (TPSA) is 65.3 Å². The zero-order valence-corrected chi connectivity index (χ0v) is 17.8. The van der Waals surface area contributed by atoms with E-state index in [1.807, 2.05) is 72.2 Å². The lowest BCUT2D eigenvalue weighted by molar-refractivity contribution is 0.602. The maximum absolute atomic E-state index is 13.2. The fourth-order valence-electron chi connectivity index (χ4n) is 3.33. The summed E-state index contributed by atoms with van der Waals surface area (Å²) in [5.41, 5.74) is 2.53. The number of hydrogen-bond acceptors (Lipinski definition) is 6. The fourth-order valence-corrected chi connectivity index (χ4v) is 4.63. The summed E-state index contributed by atoms with van der Waals surface area (Å²) < 4.78 is 10.0. The van der Waals surface area contributed by atoms with Crippen LogP contribution in [0.4, 0.5) is 0 Å². The molecule has 0 unspecified atom stereocenters. The molecule has 0 bridgehead atoms. The summed E-state index contributed by atoms with van der Waals surface area (Å²) in [6, 6.07) is 19.3. The van der Waals surface area contributed by atoms with Crippen LogP contribution in [0.15, 0.2) is 75.0 Å². The van der Waals surface area contributed by atoms with Crippen molar-refractivity contribution in [1.29, 1.82) is 0 Å². The maximum Gasteiger partial charge on any atom is 0.293 e. The second-order valence-corrected chi connectivity index (χ2v) is 8.45. The Morgan fingerprint density at radius 1 is 1.13 bits per heavy atom. The molecule has 0 saturated carbocycles. The molecule has 5 aromatic rings. The Labute approximate surface area is 180 Å². The van der Waals surface area contributed by atoms with Gasteiger partial charge in [-0.25, -0.2) is 4.98 Å². The molecular formula is C22H16N4O2S2. The highest BCUT2D eigenvalue weighted by Crippen LogP contribution is 2.23. The molecule has 6 nitrogen and oxygen atoms in total. The smallest absolute Gasteiger partial charge is 0.293 e. The molecule has 3 heterocycles. The van der Waals surface area contributed by atoms with Crippen LogP contribution < -0.4 is 5.56 Å². The molecule has 0 radical (unpaired) electrons. The van der Waals surface area contributed by atoms with E-state index in [0.717, 1.165) is 16.7 Å². The van der Waals surface area contributed by atoms with E-state index in [4.69, 9.17) is 16.6 Å². The van der Waals surface area contributed by atoms with E-state index in [1.165, 1.54) is 16.0 Å². The van der Waals surface area contributed by atoms with Crippen LogP contribution in [0.5, 0.6) is 0 Å². The summed E-state index contributed by atoms with van der Waals surface area (Å²) in [6.45, 7) is 3.57. The average molecular weight is 433 g/mol. The number of aryl methyl sites for hydroxylation is 1. The molecule has 0 fully saturated rings. The number of furan rings is 1. The molecule has 0 spiro atoms. The number of thiazole rings is 1. The Hall–Kier alpha value is -3.36. The monoisotopic (exact) mass is 432 g/mol. The Morgan fingerprint density at radius 2 is 1.87 bits per heavy atom. The first kappa shape index (κ1) is 18.7. The fraction of sp³-hybridized carbons (Fsp3) is 0.0909. The van der Waals surface area contributed by atoms with E-state index in [9.17, 15) is 4.79 Å². The first-order valence-electron chi connectivity index (χ1n) is 9.28. The second kappa shape index (κ2) is 7.16. The zero-order chi connectivity index (χ0) is 20.8. The second-order valence-electron chi connectivity index (χ2n) is 6.80. The van der Waals surface area contributed by atoms with Gasteiger partial charge in [-0.3, -0.25) is 9.36 Å². The lowest BCUT2D eigenvalue weighted by Crippen LogP contribution is -2.21. The van der Waals surface area contributed by atoms with Gasteiger partial charge in [-0.2, -0.15) is 9.78 Å². The quantitative estimate of drug-likeness (QED) is 0.286. The zero-order valence-electron chi connectivity index (χ0n) is 16.2. The number of para-hydroxylation sites is 2. The normalized spacial score (nSPS) is 12.1. The molecule has 2 aromatic carbocycles. The molecule has 5 rings (SSSR count). The number of aromatic nitrogens is 3. The van der Waals surface area contributed by atoms with Crippen molar-refractivity contribution in [1.82, 2.24) is 14.2 Å². The van der Waals surface area contributed by atoms with Crippen molar-refractivity contribution in [2.75, 3.05) is 0 Å². The highest BCUT2D eigenvalue weighted by Gasteiger charge is 2.16. The Kier molecular flexibility index (Phi) is 4.45. The minimum atomic E-state index is -0.251. The molecule has 0 N–H and O–H groups in total. The molecule has 0 atom stereocenters. The third-order valence-corrected chi connectivity index (χ3v) is 6.15. The van der Waals surface area contributed by atoms with Crippen molar-refractivity contribution in [3.8, 4) is 5.69 Å². The number of nitrogens with zero attached hydrogens (tertiary/aromatic N) is 4. The maximum atomic E-state index is 13.2. The highest BCUT2D eigenvalue weighted by atomic mass is 32.1. The summed E-state index contributed by atoms with van der Waals surface area (Å²) in [7, 11) is 0. The van der Waals surface area contributed by atoms with Crippen LogP contribution >= 0.6 is 23.6 Å². The van der Waals surface area contributed by atoms with Crippen molar-refractivity contribution in [2.45, 2.75) is 13.8 Å². The number of rotatable bonds is 3. The lowest BCUT2D eigenvalue weighted by Gasteiger charge is -2.07. The van der Waals surface area contributed by atoms with Crippen molar-refractivity contribution < 1.29 is 4.42 Å². The van der Waals surface area contributed by atoms with Crippen molar-refractivity contribution in [3.63, 3.8) is 0 Å². The standard InChI is InChI=1S/C22H16N4O2S2/c1-13(18-12-15-8-6-7-11-17(15)28-18)24-26-14(2)23-20-19(21(26)27)30-22(29)25(20)16-9-4-3-5-10-16/h3-12H,1-2H3/b24-13+. The molecule has 3 aromatic heterocycles. The molecule has 8 heteroatoms. The summed E-state index contributed by atoms with van der Waals surface area (Å²) >= 11 is 6.76. The SMILES string of the molecule is C/C(=N\n1c(C)nc2c(sc(=S)n2-c2ccccc2)c1=O)c1cc2ccccc2o1. The average Bonchev–Trinajstić information content (AvgIpc) is 3.32. The molecule has 148 valence electrons. The van der Waals surface area contributed by atoms with Crippen molar-refractivity contribution in [2.24, 2.45) is 5.10 Å². The van der Waals surface area contributed by atoms with Gasteiger partial charge in [0.1, 0.15) is 21.8 Å². The van der Waals surface area contributed by atoms with Crippen LogP contribution in [-0.2, 0) is 0 Å². The van der Waals surface area contributed by atoms with E-state index >= 15 is 0 Å². The molecule has 0 saturated heterocycles. The van der Waals surface area contributed by atoms with E-state index < -0.39 is 0 Å². The summed E-state index contributed by atoms with van der Waals surface area (Å²) in [4.78, 5) is 17.9. The Morgan fingerprint density at radius 3 is 2.63 bits per heavy atom. The van der Waals surface area contributed by atoms with Gasteiger partial charge in [-0.05, 0) is 50.3 Å². The molecular weight excluding hydrogens is 416 g/mol. The van der Waals surface area contributed by atoms with Gasteiger partial charge in [0, 0.05) is 11.1 Å². The van der Waals surface area contributed by atoms with Crippen LogP contribution in [0.2, 0.25) is 0 Å². The van der Waals surface area contributed by atoms with E-state index in [1.54, 1.807) is 6.92 Å². The minimum Gasteiger partial charge on any atom is -0.455 e. The predicted molar refractivity (Wildman–Crippen MR) is 123 cm³/mol. The van der Waals surface area contributed by atoms with Gasteiger partial charge in [-0.1, -0.05) is 47.7 Å². The van der Waals surface area contributed by atoms with Crippen molar-refractivity contribution in [3.05, 3.63) is 86.6 Å². The lowest BCUT2D eigenvalue weighted by atomic mass is 10.2.